The van der Waals surface area contributed by atoms with Crippen LogP contribution in [0, 0.1) is 0 Å². The molecule has 0 fully saturated rings. The molecule has 0 atom stereocenters. The maximum atomic E-state index is 12.4. The molecule has 7 heteroatoms. The van der Waals surface area contributed by atoms with Gasteiger partial charge < -0.3 is 25.4 Å². The summed E-state index contributed by atoms with van der Waals surface area (Å²) in [6.45, 7) is 7.46. The van der Waals surface area contributed by atoms with Gasteiger partial charge in [0.05, 0.1) is 7.11 Å². The molecule has 0 spiro atoms. The highest BCUT2D eigenvalue weighted by atomic mass is 16.5. The normalized spacial score (nSPS) is 10.6. The van der Waals surface area contributed by atoms with Crippen LogP contribution in [0.4, 0.5) is 5.69 Å². The van der Waals surface area contributed by atoms with Gasteiger partial charge in [-0.1, -0.05) is 13.8 Å². The van der Waals surface area contributed by atoms with E-state index in [1.54, 1.807) is 37.4 Å². The van der Waals surface area contributed by atoms with Crippen LogP contribution >= 0.6 is 0 Å². The average Bonchev–Trinajstić information content (AvgIpc) is 2.71. The molecule has 2 amide bonds. The second-order valence-electron chi connectivity index (χ2n) is 6.14. The van der Waals surface area contributed by atoms with E-state index >= 15 is 0 Å². The zero-order chi connectivity index (χ0) is 20.5. The van der Waals surface area contributed by atoms with Crippen molar-refractivity contribution in [3.63, 3.8) is 0 Å². The number of carbonyl (C=O) groups is 2. The first-order chi connectivity index (χ1) is 13.5. The second-order valence-corrected chi connectivity index (χ2v) is 6.14. The van der Waals surface area contributed by atoms with E-state index in [-0.39, 0.29) is 5.91 Å². The van der Waals surface area contributed by atoms with Gasteiger partial charge >= 0.3 is 0 Å². The molecule has 28 heavy (non-hydrogen) atoms. The standard InChI is InChI=1S/C21H27N3O4/c1-4-24(5-2)12-13-28-19-14-17(10-11-18(19)27-3)23-21(26)16-8-6-15(7-9-16)20(22)25/h6-11,14H,4-5,12-13H2,1-3H3,(H2,22,25)(H,23,26). The van der Waals surface area contributed by atoms with Crippen LogP contribution in [-0.2, 0) is 0 Å². The molecule has 0 bridgehead atoms. The lowest BCUT2D eigenvalue weighted by atomic mass is 10.1. The van der Waals surface area contributed by atoms with E-state index < -0.39 is 5.91 Å². The van der Waals surface area contributed by atoms with E-state index in [1.807, 2.05) is 0 Å². The molecule has 0 saturated heterocycles. The number of amides is 2. The Kier molecular flexibility index (Phi) is 7.83. The molecular formula is C21H27N3O4. The Balaban J connectivity index is 2.06. The Morgan fingerprint density at radius 1 is 1.00 bits per heavy atom. The summed E-state index contributed by atoms with van der Waals surface area (Å²) < 4.78 is 11.2. The monoisotopic (exact) mass is 385 g/mol. The molecule has 7 nitrogen and oxygen atoms in total. The number of benzene rings is 2. The van der Waals surface area contributed by atoms with Crippen molar-refractivity contribution in [1.29, 1.82) is 0 Å². The van der Waals surface area contributed by atoms with Crippen molar-refractivity contribution in [2.45, 2.75) is 13.8 Å². The molecule has 0 aromatic heterocycles. The van der Waals surface area contributed by atoms with Gasteiger partial charge in [0.2, 0.25) is 5.91 Å². The van der Waals surface area contributed by atoms with Crippen molar-refractivity contribution in [1.82, 2.24) is 4.90 Å². The number of hydrogen-bond donors (Lipinski definition) is 2. The summed E-state index contributed by atoms with van der Waals surface area (Å²) in [7, 11) is 1.57. The molecule has 2 rings (SSSR count). The summed E-state index contributed by atoms with van der Waals surface area (Å²) in [6, 6.07) is 11.4. The highest BCUT2D eigenvalue weighted by molar-refractivity contribution is 6.05. The van der Waals surface area contributed by atoms with E-state index in [1.165, 1.54) is 12.1 Å². The molecule has 0 saturated carbocycles. The predicted molar refractivity (Wildman–Crippen MR) is 109 cm³/mol. The minimum absolute atomic E-state index is 0.296. The van der Waals surface area contributed by atoms with E-state index in [0.29, 0.717) is 34.9 Å². The van der Waals surface area contributed by atoms with E-state index in [9.17, 15) is 9.59 Å². The van der Waals surface area contributed by atoms with Crippen LogP contribution in [0.25, 0.3) is 0 Å². The number of rotatable bonds is 10. The number of likely N-dealkylation sites (N-methyl/N-ethyl adjacent to an activating group) is 1. The Morgan fingerprint density at radius 3 is 2.21 bits per heavy atom. The van der Waals surface area contributed by atoms with Crippen LogP contribution in [0.5, 0.6) is 11.5 Å². The molecule has 0 heterocycles. The SMILES string of the molecule is CCN(CC)CCOc1cc(NC(=O)c2ccc(C(N)=O)cc2)ccc1OC. The molecular weight excluding hydrogens is 358 g/mol. The highest BCUT2D eigenvalue weighted by Crippen LogP contribution is 2.30. The van der Waals surface area contributed by atoms with Crippen LogP contribution < -0.4 is 20.5 Å². The molecule has 0 aliphatic carbocycles. The zero-order valence-electron chi connectivity index (χ0n) is 16.5. The third kappa shape index (κ3) is 5.72. The number of ether oxygens (including phenoxy) is 2. The van der Waals surface area contributed by atoms with Gasteiger partial charge in [0.25, 0.3) is 5.91 Å². The maximum Gasteiger partial charge on any atom is 0.255 e. The maximum absolute atomic E-state index is 12.4. The Hall–Kier alpha value is -3.06. The molecule has 0 radical (unpaired) electrons. The molecule has 0 unspecified atom stereocenters. The van der Waals surface area contributed by atoms with Crippen LogP contribution in [0.1, 0.15) is 34.6 Å². The number of nitrogens with zero attached hydrogens (tertiary/aromatic N) is 1. The first-order valence-corrected chi connectivity index (χ1v) is 9.22. The lowest BCUT2D eigenvalue weighted by Gasteiger charge is -2.19. The smallest absolute Gasteiger partial charge is 0.255 e. The quantitative estimate of drug-likeness (QED) is 0.656. The van der Waals surface area contributed by atoms with Gasteiger partial charge in [-0.05, 0) is 49.5 Å². The topological polar surface area (TPSA) is 93.9 Å². The van der Waals surface area contributed by atoms with Gasteiger partial charge in [-0.25, -0.2) is 0 Å². The fourth-order valence-corrected chi connectivity index (χ4v) is 2.68. The highest BCUT2D eigenvalue weighted by Gasteiger charge is 2.11. The van der Waals surface area contributed by atoms with Gasteiger partial charge in [-0.2, -0.15) is 0 Å². The van der Waals surface area contributed by atoms with Gasteiger partial charge in [0.1, 0.15) is 6.61 Å². The largest absolute Gasteiger partial charge is 0.493 e. The summed E-state index contributed by atoms with van der Waals surface area (Å²) in [6.07, 6.45) is 0. The molecule has 2 aromatic rings. The van der Waals surface area contributed by atoms with Gasteiger partial charge in [-0.3, -0.25) is 9.59 Å². The Morgan fingerprint density at radius 2 is 1.64 bits per heavy atom. The lowest BCUT2D eigenvalue weighted by molar-refractivity contribution is 0.0995. The summed E-state index contributed by atoms with van der Waals surface area (Å²) in [5.41, 5.74) is 6.57. The fourth-order valence-electron chi connectivity index (χ4n) is 2.68. The van der Waals surface area contributed by atoms with Gasteiger partial charge in [0.15, 0.2) is 11.5 Å². The number of carbonyl (C=O) groups excluding carboxylic acids is 2. The van der Waals surface area contributed by atoms with Crippen molar-refractivity contribution in [3.8, 4) is 11.5 Å². The number of anilines is 1. The van der Waals surface area contributed by atoms with Crippen molar-refractivity contribution < 1.29 is 19.1 Å². The zero-order valence-corrected chi connectivity index (χ0v) is 16.5. The van der Waals surface area contributed by atoms with Gasteiger partial charge in [0, 0.05) is 29.4 Å². The average molecular weight is 385 g/mol. The van der Waals surface area contributed by atoms with Crippen molar-refractivity contribution in [2.24, 2.45) is 5.73 Å². The van der Waals surface area contributed by atoms with Crippen LogP contribution in [0.3, 0.4) is 0 Å². The van der Waals surface area contributed by atoms with Gasteiger partial charge in [-0.15, -0.1) is 0 Å². The van der Waals surface area contributed by atoms with Crippen molar-refractivity contribution in [3.05, 3.63) is 53.6 Å². The molecule has 0 aliphatic heterocycles. The summed E-state index contributed by atoms with van der Waals surface area (Å²) in [5.74, 6) is 0.337. The fraction of sp³-hybridized carbons (Fsp3) is 0.333. The summed E-state index contributed by atoms with van der Waals surface area (Å²) >= 11 is 0. The summed E-state index contributed by atoms with van der Waals surface area (Å²) in [4.78, 5) is 25.8. The van der Waals surface area contributed by atoms with E-state index in [4.69, 9.17) is 15.2 Å². The van der Waals surface area contributed by atoms with Crippen molar-refractivity contribution in [2.75, 3.05) is 38.7 Å². The lowest BCUT2D eigenvalue weighted by Crippen LogP contribution is -2.28. The predicted octanol–water partition coefficient (Wildman–Crippen LogP) is 2.77. The number of nitrogens with two attached hydrogens (primary N) is 1. The minimum atomic E-state index is -0.534. The summed E-state index contributed by atoms with van der Waals surface area (Å²) in [5, 5.41) is 2.82. The number of hydrogen-bond acceptors (Lipinski definition) is 5. The second kappa shape index (κ2) is 10.3. The minimum Gasteiger partial charge on any atom is -0.493 e. The number of primary amides is 1. The molecule has 2 aromatic carbocycles. The van der Waals surface area contributed by atoms with Crippen LogP contribution in [0.15, 0.2) is 42.5 Å². The Labute approximate surface area is 165 Å². The van der Waals surface area contributed by atoms with E-state index in [0.717, 1.165) is 19.6 Å². The Bertz CT molecular complexity index is 802. The third-order valence-corrected chi connectivity index (χ3v) is 4.41. The number of methoxy groups -OCH3 is 1. The first kappa shape index (κ1) is 21.2. The van der Waals surface area contributed by atoms with Crippen LogP contribution in [0.2, 0.25) is 0 Å². The van der Waals surface area contributed by atoms with Crippen molar-refractivity contribution >= 4 is 17.5 Å². The number of nitrogens with one attached hydrogen (secondary N) is 1. The molecule has 3 N–H and O–H groups in total. The first-order valence-electron chi connectivity index (χ1n) is 9.22. The van der Waals surface area contributed by atoms with Crippen LogP contribution in [-0.4, -0.2) is 50.1 Å². The van der Waals surface area contributed by atoms with E-state index in [2.05, 4.69) is 24.1 Å². The third-order valence-electron chi connectivity index (χ3n) is 4.41. The molecule has 150 valence electrons. The molecule has 0 aliphatic rings.